The maximum absolute atomic E-state index is 13.1. The fourth-order valence-corrected chi connectivity index (χ4v) is 3.23. The highest BCUT2D eigenvalue weighted by Crippen LogP contribution is 2.12. The molecule has 0 aromatic heterocycles. The molecule has 0 saturated heterocycles. The maximum atomic E-state index is 13.1. The Labute approximate surface area is 213 Å². The number of benzene rings is 1. The van der Waals surface area contributed by atoms with E-state index in [2.05, 4.69) is 15.4 Å². The first-order valence-corrected chi connectivity index (χ1v) is 12.3. The Kier molecular flexibility index (Phi) is 20.2. The van der Waals surface area contributed by atoms with Gasteiger partial charge >= 0.3 is 12.1 Å². The lowest BCUT2D eigenvalue weighted by Crippen LogP contribution is -2.43. The average Bonchev–Trinajstić information content (AvgIpc) is 2.85. The number of aryl methyl sites for hydroxylation is 1. The number of aliphatic hydroxyl groups is 1. The topological polar surface area (TPSA) is 126 Å². The second kappa shape index (κ2) is 21.8. The van der Waals surface area contributed by atoms with Crippen LogP contribution in [0.2, 0.25) is 0 Å². The lowest BCUT2D eigenvalue weighted by molar-refractivity contribution is 0.167. The van der Waals surface area contributed by atoms with E-state index in [0.29, 0.717) is 25.1 Å². The van der Waals surface area contributed by atoms with Crippen LogP contribution in [0.4, 0.5) is 18.4 Å². The molecular formula is C25H44F2N4O5. The average molecular weight is 519 g/mol. The van der Waals surface area contributed by atoms with Gasteiger partial charge in [-0.25, -0.2) is 18.4 Å². The second-order valence-corrected chi connectivity index (χ2v) is 8.44. The summed E-state index contributed by atoms with van der Waals surface area (Å²) in [5, 5.41) is 13.3. The highest BCUT2D eigenvalue weighted by molar-refractivity contribution is 5.73. The van der Waals surface area contributed by atoms with Crippen molar-refractivity contribution in [2.24, 2.45) is 5.73 Å². The van der Waals surface area contributed by atoms with Gasteiger partial charge in [-0.1, -0.05) is 19.3 Å². The minimum absolute atomic E-state index is 0.0356. The van der Waals surface area contributed by atoms with Gasteiger partial charge in [0, 0.05) is 52.5 Å². The highest BCUT2D eigenvalue weighted by Gasteiger charge is 2.10. The van der Waals surface area contributed by atoms with E-state index in [1.54, 1.807) is 19.1 Å². The summed E-state index contributed by atoms with van der Waals surface area (Å²) in [6.07, 6.45) is 6.70. The van der Waals surface area contributed by atoms with E-state index in [0.717, 1.165) is 57.6 Å². The van der Waals surface area contributed by atoms with Crippen molar-refractivity contribution in [3.8, 4) is 0 Å². The first-order chi connectivity index (χ1) is 17.2. The Balaban J connectivity index is 0.00000131. The Hall–Kier alpha value is -2.50. The molecule has 1 aromatic carbocycles. The molecule has 9 nitrogen and oxygen atoms in total. The van der Waals surface area contributed by atoms with E-state index < -0.39 is 17.7 Å². The van der Waals surface area contributed by atoms with Crippen LogP contribution in [0, 0.1) is 11.6 Å². The molecule has 0 saturated carbocycles. The van der Waals surface area contributed by atoms with Gasteiger partial charge in [0.25, 0.3) is 0 Å². The zero-order valence-corrected chi connectivity index (χ0v) is 21.9. The first-order valence-electron chi connectivity index (χ1n) is 12.3. The van der Waals surface area contributed by atoms with Gasteiger partial charge in [0.15, 0.2) is 0 Å². The third kappa shape index (κ3) is 18.8. The Morgan fingerprint density at radius 1 is 1.03 bits per heavy atom. The molecule has 0 aliphatic rings. The summed E-state index contributed by atoms with van der Waals surface area (Å²) in [5.41, 5.74) is 6.70. The van der Waals surface area contributed by atoms with Crippen molar-refractivity contribution in [2.45, 2.75) is 57.4 Å². The molecule has 11 heteroatoms. The van der Waals surface area contributed by atoms with Crippen molar-refractivity contribution in [1.82, 2.24) is 15.5 Å². The van der Waals surface area contributed by atoms with Crippen molar-refractivity contribution in [3.63, 3.8) is 0 Å². The predicted molar refractivity (Wildman–Crippen MR) is 136 cm³/mol. The molecule has 5 N–H and O–H groups in total. The molecule has 1 unspecified atom stereocenters. The summed E-state index contributed by atoms with van der Waals surface area (Å²) in [5.74, 6) is -1.08. The summed E-state index contributed by atoms with van der Waals surface area (Å²) < 4.78 is 35.5. The van der Waals surface area contributed by atoms with E-state index in [9.17, 15) is 18.4 Å². The number of rotatable bonds is 16. The number of alkyl carbamates (subject to hydrolysis) is 1. The number of nitrogens with one attached hydrogen (secondary N) is 2. The predicted octanol–water partition coefficient (Wildman–Crippen LogP) is 3.19. The van der Waals surface area contributed by atoms with Crippen LogP contribution in [0.5, 0.6) is 0 Å². The van der Waals surface area contributed by atoms with Crippen molar-refractivity contribution in [2.75, 3.05) is 54.1 Å². The zero-order valence-electron chi connectivity index (χ0n) is 21.9. The molecule has 0 aliphatic heterocycles. The summed E-state index contributed by atoms with van der Waals surface area (Å²) in [6, 6.07) is 3.45. The molecule has 0 aliphatic carbocycles. The number of carbonyl (C=O) groups excluding carboxylic acids is 2. The standard InChI is InChI=1S/C21H35F2N3O2.C4H9NO3/c1-26(21(27)25-16-20(24)10-6-4-8-12-28-2)11-7-3-5-9-17-13-18(22)15-19(23)14-17;1-8-4(7)5-2-3-6/h13-15,20H,3-12,16,24H2,1-2H3,(H,25,27);6H,2-3H2,1H3,(H,5,7). The van der Waals surface area contributed by atoms with Crippen LogP contribution < -0.4 is 16.4 Å². The lowest BCUT2D eigenvalue weighted by Gasteiger charge is -2.20. The highest BCUT2D eigenvalue weighted by atomic mass is 19.1. The third-order valence-corrected chi connectivity index (χ3v) is 5.23. The Morgan fingerprint density at radius 3 is 2.31 bits per heavy atom. The Morgan fingerprint density at radius 2 is 1.69 bits per heavy atom. The molecule has 208 valence electrons. The Bertz CT molecular complexity index is 707. The minimum atomic E-state index is -0.542. The molecule has 0 radical (unpaired) electrons. The monoisotopic (exact) mass is 518 g/mol. The van der Waals surface area contributed by atoms with E-state index in [4.69, 9.17) is 15.6 Å². The molecule has 0 spiro atoms. The molecule has 0 heterocycles. The van der Waals surface area contributed by atoms with Gasteiger partial charge in [-0.15, -0.1) is 0 Å². The summed E-state index contributed by atoms with van der Waals surface area (Å²) >= 11 is 0. The molecular weight excluding hydrogens is 474 g/mol. The molecule has 1 atom stereocenters. The number of amides is 3. The minimum Gasteiger partial charge on any atom is -0.453 e. The number of halogens is 2. The van der Waals surface area contributed by atoms with Crippen LogP contribution in [0.3, 0.4) is 0 Å². The van der Waals surface area contributed by atoms with Crippen LogP contribution in [-0.2, 0) is 15.9 Å². The van der Waals surface area contributed by atoms with Crippen LogP contribution in [-0.4, -0.2) is 82.3 Å². The summed E-state index contributed by atoms with van der Waals surface area (Å²) in [7, 11) is 4.73. The van der Waals surface area contributed by atoms with Crippen LogP contribution >= 0.6 is 0 Å². The van der Waals surface area contributed by atoms with Crippen LogP contribution in [0.15, 0.2) is 18.2 Å². The van der Waals surface area contributed by atoms with Gasteiger partial charge in [-0.2, -0.15) is 0 Å². The van der Waals surface area contributed by atoms with Gasteiger partial charge in [-0.3, -0.25) is 0 Å². The van der Waals surface area contributed by atoms with E-state index >= 15 is 0 Å². The van der Waals surface area contributed by atoms with Crippen molar-refractivity contribution in [1.29, 1.82) is 0 Å². The number of aliphatic hydroxyl groups excluding tert-OH is 1. The number of carbonyl (C=O) groups is 2. The van der Waals surface area contributed by atoms with Gasteiger partial charge in [0.05, 0.1) is 13.7 Å². The SMILES string of the molecule is COC(=O)NCCO.COCCCCCC(N)CNC(=O)N(C)CCCCCc1cc(F)cc(F)c1. The molecule has 1 aromatic rings. The first kappa shape index (κ1) is 33.5. The molecule has 3 amide bonds. The lowest BCUT2D eigenvalue weighted by atomic mass is 10.1. The second-order valence-electron chi connectivity index (χ2n) is 8.44. The number of hydrogen-bond donors (Lipinski definition) is 4. The van der Waals surface area contributed by atoms with Crippen LogP contribution in [0.25, 0.3) is 0 Å². The quantitative estimate of drug-likeness (QED) is 0.249. The normalized spacial score (nSPS) is 11.2. The number of nitrogens with two attached hydrogens (primary N) is 1. The smallest absolute Gasteiger partial charge is 0.406 e. The van der Waals surface area contributed by atoms with Gasteiger partial charge in [-0.05, 0) is 49.8 Å². The zero-order chi connectivity index (χ0) is 27.2. The number of methoxy groups -OCH3 is 2. The van der Waals surface area contributed by atoms with Crippen molar-refractivity contribution in [3.05, 3.63) is 35.4 Å². The molecule has 1 rings (SSSR count). The van der Waals surface area contributed by atoms with Gasteiger partial charge in [0.1, 0.15) is 11.6 Å². The number of nitrogens with zero attached hydrogens (tertiary/aromatic N) is 1. The van der Waals surface area contributed by atoms with Crippen LogP contribution in [0.1, 0.15) is 50.5 Å². The van der Waals surface area contributed by atoms with Gasteiger partial charge in [0.2, 0.25) is 0 Å². The maximum Gasteiger partial charge on any atom is 0.406 e. The molecule has 0 fully saturated rings. The third-order valence-electron chi connectivity index (χ3n) is 5.23. The number of hydrogen-bond acceptors (Lipinski definition) is 6. The van der Waals surface area contributed by atoms with E-state index in [1.165, 1.54) is 19.2 Å². The number of unbranched alkanes of at least 4 members (excludes halogenated alkanes) is 4. The number of urea groups is 1. The van der Waals surface area contributed by atoms with Gasteiger partial charge < -0.3 is 35.8 Å². The largest absolute Gasteiger partial charge is 0.453 e. The molecule has 36 heavy (non-hydrogen) atoms. The van der Waals surface area contributed by atoms with Crippen molar-refractivity contribution >= 4 is 12.1 Å². The fraction of sp³-hybridized carbons (Fsp3) is 0.680. The van der Waals surface area contributed by atoms with Crippen molar-refractivity contribution < 1.29 is 33.0 Å². The summed E-state index contributed by atoms with van der Waals surface area (Å²) in [6.45, 7) is 2.06. The van der Waals surface area contributed by atoms with E-state index in [-0.39, 0.29) is 25.2 Å². The fourth-order valence-electron chi connectivity index (χ4n) is 3.23. The van der Waals surface area contributed by atoms with E-state index in [1.807, 2.05) is 0 Å². The summed E-state index contributed by atoms with van der Waals surface area (Å²) in [4.78, 5) is 23.9. The number of ether oxygens (including phenoxy) is 2. The molecule has 0 bridgehead atoms.